The second-order valence-corrected chi connectivity index (χ2v) is 26.7. The molecule has 0 aliphatic heterocycles. The molecule has 0 amide bonds. The van der Waals surface area contributed by atoms with E-state index in [0.717, 1.165) is 49.4 Å². The zero-order valence-electron chi connectivity index (χ0n) is 43.8. The van der Waals surface area contributed by atoms with E-state index >= 15 is 0 Å². The van der Waals surface area contributed by atoms with E-state index in [2.05, 4.69) is 27.7 Å². The lowest BCUT2D eigenvalue weighted by Crippen LogP contribution is -2.68. The summed E-state index contributed by atoms with van der Waals surface area (Å²) in [6, 6.07) is 6.10. The number of hydrogen-bond donors (Lipinski definition) is 2. The average Bonchev–Trinajstić information content (AvgIpc) is 3.26. The normalized spacial score (nSPS) is 40.1. The fourth-order valence-electron chi connectivity index (χ4n) is 15.5. The molecule has 0 spiro atoms. The van der Waals surface area contributed by atoms with Crippen molar-refractivity contribution in [2.75, 3.05) is 6.61 Å². The smallest absolute Gasteiger partial charge is 0.312 e. The quantitative estimate of drug-likeness (QED) is 0.111. The van der Waals surface area contributed by atoms with Crippen LogP contribution in [0, 0.1) is 69.5 Å². The van der Waals surface area contributed by atoms with Gasteiger partial charge in [-0.1, -0.05) is 20.8 Å². The summed E-state index contributed by atoms with van der Waals surface area (Å²) in [5.41, 5.74) is -3.41. The third-order valence-corrected chi connectivity index (χ3v) is 20.4. The molecule has 10 heteroatoms. The summed E-state index contributed by atoms with van der Waals surface area (Å²) in [6.07, 6.45) is 19.3. The molecular formula is C58H88O10. The topological polar surface area (TPSA) is 146 Å². The first-order chi connectivity index (χ1) is 31.7. The van der Waals surface area contributed by atoms with Gasteiger partial charge < -0.3 is 29.2 Å². The van der Waals surface area contributed by atoms with Crippen molar-refractivity contribution in [2.24, 2.45) is 69.5 Å². The van der Waals surface area contributed by atoms with Gasteiger partial charge in [0.2, 0.25) is 0 Å². The standard InChI is InChI=1S/C24H32O6.2C17H28O2/c1-4-21(2,3)20(27)30-24-11-16-9-22(28,14-24)13-23(10-16,15-24)29-12-19(26)17-5-7-18(25)8-6-17;2*1-5-16(2,3)15(18)19-17(4)13-7-11-6-12(9-13)10-14(17)8-11/h5-8,16,25,28H,4,9-15H2,1-3H3;2*11-14H,5-10H2,1-4H3. The summed E-state index contributed by atoms with van der Waals surface area (Å²) in [4.78, 5) is 50.4. The van der Waals surface area contributed by atoms with Crippen LogP contribution < -0.4 is 0 Å². The Labute approximate surface area is 408 Å². The van der Waals surface area contributed by atoms with Gasteiger partial charge in [0, 0.05) is 24.8 Å². The van der Waals surface area contributed by atoms with Crippen molar-refractivity contribution in [1.29, 1.82) is 0 Å². The molecule has 12 aliphatic rings. The number of phenols is 1. The molecule has 0 radical (unpaired) electrons. The molecule has 380 valence electrons. The number of Topliss-reactive ketones (excluding diaryl/α,β-unsaturated/α-hetero) is 1. The third kappa shape index (κ3) is 9.96. The van der Waals surface area contributed by atoms with Crippen molar-refractivity contribution in [3.05, 3.63) is 29.8 Å². The predicted molar refractivity (Wildman–Crippen MR) is 261 cm³/mol. The number of aromatic hydroxyl groups is 1. The number of phenolic OH excluding ortho intramolecular Hbond substituents is 1. The van der Waals surface area contributed by atoms with Gasteiger partial charge in [0.25, 0.3) is 0 Å². The largest absolute Gasteiger partial charge is 0.508 e. The van der Waals surface area contributed by atoms with Crippen LogP contribution in [-0.4, -0.2) is 68.5 Å². The van der Waals surface area contributed by atoms with Crippen molar-refractivity contribution < 1.29 is 48.3 Å². The van der Waals surface area contributed by atoms with Gasteiger partial charge >= 0.3 is 17.9 Å². The van der Waals surface area contributed by atoms with Crippen LogP contribution in [0.5, 0.6) is 5.75 Å². The number of rotatable bonds is 13. The van der Waals surface area contributed by atoms with Crippen molar-refractivity contribution >= 4 is 23.7 Å². The Kier molecular flexibility index (Phi) is 13.8. The molecule has 12 bridgehead atoms. The second kappa shape index (κ2) is 18.3. The van der Waals surface area contributed by atoms with Crippen LogP contribution in [-0.2, 0) is 33.3 Å². The molecule has 13 rings (SSSR count). The summed E-state index contributed by atoms with van der Waals surface area (Å²) < 4.78 is 24.6. The van der Waals surface area contributed by atoms with Crippen LogP contribution in [0.2, 0.25) is 0 Å². The zero-order chi connectivity index (χ0) is 49.5. The van der Waals surface area contributed by atoms with Crippen LogP contribution in [0.3, 0.4) is 0 Å². The molecule has 0 aromatic heterocycles. The van der Waals surface area contributed by atoms with Gasteiger partial charge in [0.1, 0.15) is 29.2 Å². The summed E-state index contributed by atoms with van der Waals surface area (Å²) >= 11 is 0. The average molecular weight is 945 g/mol. The molecule has 0 saturated heterocycles. The molecule has 4 atom stereocenters. The number of benzene rings is 1. The minimum absolute atomic E-state index is 0.0185. The van der Waals surface area contributed by atoms with Gasteiger partial charge in [-0.05, 0) is 236 Å². The third-order valence-electron chi connectivity index (χ3n) is 20.4. The molecule has 4 unspecified atom stereocenters. The van der Waals surface area contributed by atoms with Gasteiger partial charge in [0.05, 0.1) is 27.4 Å². The fraction of sp³-hybridized carbons (Fsp3) is 0.828. The summed E-state index contributed by atoms with van der Waals surface area (Å²) in [5.74, 6) is 6.16. The molecule has 2 N–H and O–H groups in total. The van der Waals surface area contributed by atoms with E-state index in [1.54, 1.807) is 12.1 Å². The monoisotopic (exact) mass is 945 g/mol. The van der Waals surface area contributed by atoms with Crippen LogP contribution in [0.1, 0.15) is 209 Å². The Morgan fingerprint density at radius 2 is 0.897 bits per heavy atom. The van der Waals surface area contributed by atoms with E-state index in [1.807, 2.05) is 48.5 Å². The van der Waals surface area contributed by atoms with E-state index < -0.39 is 22.2 Å². The fourth-order valence-corrected chi connectivity index (χ4v) is 15.5. The molecule has 0 heterocycles. The van der Waals surface area contributed by atoms with Crippen molar-refractivity contribution in [3.63, 3.8) is 0 Å². The van der Waals surface area contributed by atoms with Crippen molar-refractivity contribution in [1.82, 2.24) is 0 Å². The molecule has 12 aliphatic carbocycles. The maximum absolute atomic E-state index is 12.8. The van der Waals surface area contributed by atoms with Gasteiger partial charge in [-0.3, -0.25) is 19.2 Å². The van der Waals surface area contributed by atoms with Gasteiger partial charge in [-0.25, -0.2) is 0 Å². The number of ketones is 1. The zero-order valence-corrected chi connectivity index (χ0v) is 43.8. The first-order valence-corrected chi connectivity index (χ1v) is 27.1. The van der Waals surface area contributed by atoms with Crippen LogP contribution >= 0.6 is 0 Å². The first kappa shape index (κ1) is 51.4. The number of carbonyl (C=O) groups excluding carboxylic acids is 4. The van der Waals surface area contributed by atoms with Gasteiger partial charge in [0.15, 0.2) is 5.78 Å². The highest BCUT2D eigenvalue weighted by molar-refractivity contribution is 5.97. The lowest BCUT2D eigenvalue weighted by Gasteiger charge is -2.63. The van der Waals surface area contributed by atoms with Crippen LogP contribution in [0.25, 0.3) is 0 Å². The minimum Gasteiger partial charge on any atom is -0.508 e. The predicted octanol–water partition coefficient (Wildman–Crippen LogP) is 12.1. The SMILES string of the molecule is CCC(C)(C)C(=O)OC1(C)C2CC3CC(C2)CC1C3.CCC(C)(C)C(=O)OC1(C)C2CC3CC(C2)CC1C3.CCC(C)(C)C(=O)OC12CC3CC(O)(CC(OCC(=O)c4ccc(O)cc4)(C3)C1)C2. The highest BCUT2D eigenvalue weighted by atomic mass is 16.6. The van der Waals surface area contributed by atoms with E-state index in [4.69, 9.17) is 18.9 Å². The molecule has 12 fully saturated rings. The number of hydrogen-bond acceptors (Lipinski definition) is 10. The van der Waals surface area contributed by atoms with E-state index in [1.165, 1.54) is 76.3 Å². The van der Waals surface area contributed by atoms with Gasteiger partial charge in [-0.15, -0.1) is 0 Å². The number of esters is 3. The Morgan fingerprint density at radius 1 is 0.529 bits per heavy atom. The Balaban J connectivity index is 0.000000144. The lowest BCUT2D eigenvalue weighted by molar-refractivity contribution is -0.273. The van der Waals surface area contributed by atoms with Crippen molar-refractivity contribution in [3.8, 4) is 5.75 Å². The summed E-state index contributed by atoms with van der Waals surface area (Å²) in [6.45, 7) is 22.3. The maximum Gasteiger partial charge on any atom is 0.312 e. The lowest BCUT2D eigenvalue weighted by atomic mass is 9.50. The Morgan fingerprint density at radius 3 is 1.28 bits per heavy atom. The summed E-state index contributed by atoms with van der Waals surface area (Å²) in [7, 11) is 0. The molecule has 1 aromatic rings. The van der Waals surface area contributed by atoms with Gasteiger partial charge in [-0.2, -0.15) is 0 Å². The van der Waals surface area contributed by atoms with E-state index in [9.17, 15) is 29.4 Å². The van der Waals surface area contributed by atoms with E-state index in [0.29, 0.717) is 61.3 Å². The van der Waals surface area contributed by atoms with E-state index in [-0.39, 0.29) is 64.0 Å². The molecular weight excluding hydrogens is 857 g/mol. The minimum atomic E-state index is -0.919. The second-order valence-electron chi connectivity index (χ2n) is 26.7. The molecule has 68 heavy (non-hydrogen) atoms. The highest BCUT2D eigenvalue weighted by Crippen LogP contribution is 2.63. The molecule has 10 nitrogen and oxygen atoms in total. The van der Waals surface area contributed by atoms with Crippen LogP contribution in [0.4, 0.5) is 0 Å². The molecule has 12 saturated carbocycles. The first-order valence-electron chi connectivity index (χ1n) is 27.1. The van der Waals surface area contributed by atoms with Crippen molar-refractivity contribution in [2.45, 2.75) is 226 Å². The number of aliphatic hydroxyl groups is 1. The molecule has 1 aromatic carbocycles. The maximum atomic E-state index is 12.8. The summed E-state index contributed by atoms with van der Waals surface area (Å²) in [5, 5.41) is 20.6. The highest BCUT2D eigenvalue weighted by Gasteiger charge is 2.66. The Hall–Kier alpha value is -2.98. The Bertz CT molecular complexity index is 1920. The number of carbonyl (C=O) groups is 4. The van der Waals surface area contributed by atoms with Crippen LogP contribution in [0.15, 0.2) is 24.3 Å². The number of ether oxygens (including phenoxy) is 4.